The van der Waals surface area contributed by atoms with Crippen LogP contribution in [0.25, 0.3) is 0 Å². The lowest BCUT2D eigenvalue weighted by Gasteiger charge is -2.27. The van der Waals surface area contributed by atoms with E-state index in [0.717, 1.165) is 6.34 Å². The number of amides is 2. The molecule has 2 amide bonds. The number of amidine groups is 1. The van der Waals surface area contributed by atoms with Gasteiger partial charge in [-0.2, -0.15) is 0 Å². The van der Waals surface area contributed by atoms with Gasteiger partial charge in [-0.25, -0.2) is 9.78 Å². The molecule has 5 N–H and O–H groups in total. The maximum absolute atomic E-state index is 12.6. The van der Waals surface area contributed by atoms with Crippen molar-refractivity contribution >= 4 is 36.2 Å². The third kappa shape index (κ3) is 6.77. The number of hydrogen-bond acceptors (Lipinski definition) is 9. The first kappa shape index (κ1) is 26.3. The van der Waals surface area contributed by atoms with Crippen LogP contribution in [0.15, 0.2) is 34.6 Å². The van der Waals surface area contributed by atoms with E-state index in [1.165, 1.54) is 25.3 Å². The summed E-state index contributed by atoms with van der Waals surface area (Å²) in [6.07, 6.45) is 2.45. The van der Waals surface area contributed by atoms with Gasteiger partial charge in [0.2, 0.25) is 0 Å². The van der Waals surface area contributed by atoms with E-state index >= 15 is 0 Å². The number of aromatic nitrogens is 1. The number of nitrogens with two attached hydrogens (primary N) is 1. The van der Waals surface area contributed by atoms with Crippen LogP contribution in [0.3, 0.4) is 0 Å². The minimum Gasteiger partial charge on any atom is -0.482 e. The number of carbonyl (C=O) groups is 2. The molecule has 1 unspecified atom stereocenters. The standard InChI is InChI=1S/C22H32N8O4/c1-22(2,3)34-21(32)29-10-9-14(12-29)30(13-23)18(24)16-7-6-8-17(27-16)28-20(31)15(11-26-4)19(25)33-5/h6-8,11,13-14,23-24H,9-10,12,25H2,1-5H3,(H,27,28,31). The summed E-state index contributed by atoms with van der Waals surface area (Å²) in [6, 6.07) is 4.51. The van der Waals surface area contributed by atoms with Crippen molar-refractivity contribution in [3.05, 3.63) is 35.3 Å². The van der Waals surface area contributed by atoms with Crippen LogP contribution >= 0.6 is 0 Å². The highest BCUT2D eigenvalue weighted by Crippen LogP contribution is 2.20. The van der Waals surface area contributed by atoms with Crippen molar-refractivity contribution in [3.8, 4) is 0 Å². The zero-order valence-corrected chi connectivity index (χ0v) is 20.1. The first-order valence-corrected chi connectivity index (χ1v) is 10.6. The van der Waals surface area contributed by atoms with Crippen LogP contribution in [0.2, 0.25) is 0 Å². The van der Waals surface area contributed by atoms with E-state index in [-0.39, 0.29) is 34.8 Å². The molecule has 0 radical (unpaired) electrons. The Hall–Kier alpha value is -3.96. The van der Waals surface area contributed by atoms with Crippen molar-refractivity contribution in [1.29, 1.82) is 10.8 Å². The van der Waals surface area contributed by atoms with E-state index < -0.39 is 17.6 Å². The fraction of sp³-hybridized carbons (Fsp3) is 0.455. The summed E-state index contributed by atoms with van der Waals surface area (Å²) in [6.45, 7) is 6.16. The van der Waals surface area contributed by atoms with E-state index in [1.54, 1.807) is 43.9 Å². The van der Waals surface area contributed by atoms with Gasteiger partial charge in [-0.15, -0.1) is 0 Å². The van der Waals surface area contributed by atoms with E-state index in [2.05, 4.69) is 15.3 Å². The molecule has 34 heavy (non-hydrogen) atoms. The molecule has 0 aliphatic carbocycles. The summed E-state index contributed by atoms with van der Waals surface area (Å²) < 4.78 is 10.3. The lowest BCUT2D eigenvalue weighted by Crippen LogP contribution is -2.43. The highest BCUT2D eigenvalue weighted by Gasteiger charge is 2.34. The first-order chi connectivity index (χ1) is 16.0. The molecular weight excluding hydrogens is 440 g/mol. The average molecular weight is 473 g/mol. The maximum atomic E-state index is 12.6. The van der Waals surface area contributed by atoms with Gasteiger partial charge in [0.25, 0.3) is 5.91 Å². The van der Waals surface area contributed by atoms with Crippen molar-refractivity contribution in [1.82, 2.24) is 14.8 Å². The molecule has 0 aromatic carbocycles. The minimum atomic E-state index is -0.607. The molecule has 2 heterocycles. The fourth-order valence-corrected chi connectivity index (χ4v) is 3.24. The lowest BCUT2D eigenvalue weighted by atomic mass is 10.2. The van der Waals surface area contributed by atoms with E-state index in [4.69, 9.17) is 26.0 Å². The Morgan fingerprint density at radius 2 is 2.09 bits per heavy atom. The van der Waals surface area contributed by atoms with Crippen LogP contribution in [-0.2, 0) is 14.3 Å². The van der Waals surface area contributed by atoms with Crippen molar-refractivity contribution in [3.63, 3.8) is 0 Å². The Kier molecular flexibility index (Phi) is 8.70. The second kappa shape index (κ2) is 11.3. The summed E-state index contributed by atoms with van der Waals surface area (Å²) in [5, 5.41) is 19.0. The third-order valence-electron chi connectivity index (χ3n) is 4.83. The number of anilines is 1. The average Bonchev–Trinajstić information content (AvgIpc) is 3.26. The second-order valence-electron chi connectivity index (χ2n) is 8.49. The van der Waals surface area contributed by atoms with Gasteiger partial charge in [0.1, 0.15) is 22.7 Å². The molecule has 1 aliphatic rings. The number of pyridine rings is 1. The predicted octanol–water partition coefficient (Wildman–Crippen LogP) is 1.78. The zero-order chi connectivity index (χ0) is 25.5. The molecule has 0 saturated carbocycles. The number of rotatable bonds is 7. The Bertz CT molecular complexity index is 999. The van der Waals surface area contributed by atoms with Crippen LogP contribution in [-0.4, -0.2) is 84.1 Å². The van der Waals surface area contributed by atoms with Gasteiger partial charge in [0.05, 0.1) is 19.5 Å². The molecule has 1 aliphatic heterocycles. The van der Waals surface area contributed by atoms with Crippen molar-refractivity contribution in [2.24, 2.45) is 10.7 Å². The normalized spacial score (nSPS) is 16.6. The number of aliphatic imine (C=N–C) groups is 1. The number of likely N-dealkylation sites (tertiary alicyclic amines) is 1. The number of methoxy groups -OCH3 is 1. The largest absolute Gasteiger partial charge is 0.482 e. The lowest BCUT2D eigenvalue weighted by molar-refractivity contribution is -0.112. The van der Waals surface area contributed by atoms with Crippen molar-refractivity contribution in [2.75, 3.05) is 32.6 Å². The summed E-state index contributed by atoms with van der Waals surface area (Å²) >= 11 is 0. The second-order valence-corrected chi connectivity index (χ2v) is 8.49. The van der Waals surface area contributed by atoms with Crippen LogP contribution in [0, 0.1) is 10.8 Å². The molecule has 0 spiro atoms. The molecule has 1 aromatic heterocycles. The number of ether oxygens (including phenoxy) is 2. The van der Waals surface area contributed by atoms with Gasteiger partial charge in [0.15, 0.2) is 11.7 Å². The van der Waals surface area contributed by atoms with Gasteiger partial charge in [-0.05, 0) is 39.3 Å². The number of hydrogen-bond donors (Lipinski definition) is 4. The Morgan fingerprint density at radius 3 is 2.68 bits per heavy atom. The van der Waals surface area contributed by atoms with Crippen molar-refractivity contribution < 1.29 is 19.1 Å². The molecule has 1 atom stereocenters. The van der Waals surface area contributed by atoms with Crippen LogP contribution in [0.1, 0.15) is 32.9 Å². The topological polar surface area (TPSA) is 170 Å². The Morgan fingerprint density at radius 1 is 1.38 bits per heavy atom. The fourth-order valence-electron chi connectivity index (χ4n) is 3.24. The van der Waals surface area contributed by atoms with E-state index in [9.17, 15) is 9.59 Å². The monoisotopic (exact) mass is 472 g/mol. The number of carbonyl (C=O) groups excluding carboxylic acids is 2. The molecule has 1 fully saturated rings. The van der Waals surface area contributed by atoms with E-state index in [1.807, 2.05) is 0 Å². The summed E-state index contributed by atoms with van der Waals surface area (Å²) in [7, 11) is 2.83. The Balaban J connectivity index is 2.15. The van der Waals surface area contributed by atoms with Gasteiger partial charge in [0, 0.05) is 26.4 Å². The van der Waals surface area contributed by atoms with Gasteiger partial charge in [-0.3, -0.25) is 20.6 Å². The molecule has 2 rings (SSSR count). The van der Waals surface area contributed by atoms with Gasteiger partial charge in [-0.1, -0.05) is 6.07 Å². The Labute approximate surface area is 198 Å². The van der Waals surface area contributed by atoms with E-state index in [0.29, 0.717) is 19.5 Å². The third-order valence-corrected chi connectivity index (χ3v) is 4.83. The maximum Gasteiger partial charge on any atom is 0.410 e. The summed E-state index contributed by atoms with van der Waals surface area (Å²) in [5.41, 5.74) is 5.38. The van der Waals surface area contributed by atoms with Crippen molar-refractivity contribution in [2.45, 2.75) is 38.8 Å². The smallest absolute Gasteiger partial charge is 0.410 e. The quantitative estimate of drug-likeness (QED) is 0.203. The van der Waals surface area contributed by atoms with Gasteiger partial charge >= 0.3 is 6.09 Å². The summed E-state index contributed by atoms with van der Waals surface area (Å²) in [5.74, 6) is -0.527. The van der Waals surface area contributed by atoms with Crippen LogP contribution in [0.5, 0.6) is 0 Å². The molecular formula is C22H32N8O4. The highest BCUT2D eigenvalue weighted by molar-refractivity contribution is 6.17. The molecule has 0 bridgehead atoms. The molecule has 184 valence electrons. The van der Waals surface area contributed by atoms with Crippen LogP contribution in [0.4, 0.5) is 10.6 Å². The number of nitrogens with one attached hydrogen (secondary N) is 3. The summed E-state index contributed by atoms with van der Waals surface area (Å²) in [4.78, 5) is 36.1. The zero-order valence-electron chi connectivity index (χ0n) is 20.1. The molecule has 1 aromatic rings. The highest BCUT2D eigenvalue weighted by atomic mass is 16.6. The first-order valence-electron chi connectivity index (χ1n) is 10.6. The number of nitrogens with zero attached hydrogens (tertiary/aromatic N) is 4. The molecule has 12 nitrogen and oxygen atoms in total. The molecule has 1 saturated heterocycles. The molecule has 12 heteroatoms. The van der Waals surface area contributed by atoms with Gasteiger partial charge < -0.3 is 30.3 Å². The predicted molar refractivity (Wildman–Crippen MR) is 129 cm³/mol. The minimum absolute atomic E-state index is 0.0292. The SMILES string of the molecule is CN=CC(C(=O)Nc1cccc(C(=N)N(C=N)C2CCN(C(=O)OC(C)(C)C)C2)n1)=C(N)OC. The van der Waals surface area contributed by atoms with Crippen LogP contribution < -0.4 is 11.1 Å².